The van der Waals surface area contributed by atoms with Crippen molar-refractivity contribution in [3.8, 4) is 11.3 Å². The van der Waals surface area contributed by atoms with Gasteiger partial charge in [0.2, 0.25) is 0 Å². The van der Waals surface area contributed by atoms with Gasteiger partial charge in [-0.05, 0) is 19.4 Å². The zero-order chi connectivity index (χ0) is 13.0. The molecule has 1 aromatic heterocycles. The van der Waals surface area contributed by atoms with Crippen molar-refractivity contribution in [1.29, 1.82) is 0 Å². The molecule has 0 spiro atoms. The monoisotopic (exact) mass is 375 g/mol. The average molecular weight is 375 g/mol. The van der Waals surface area contributed by atoms with Crippen LogP contribution in [-0.4, -0.2) is 20.5 Å². The van der Waals surface area contributed by atoms with Crippen LogP contribution < -0.4 is 0 Å². The molecule has 0 saturated heterocycles. The van der Waals surface area contributed by atoms with E-state index in [1.54, 1.807) is 4.09 Å². The van der Waals surface area contributed by atoms with Gasteiger partial charge in [0.1, 0.15) is 5.69 Å². The maximum absolute atomic E-state index is 5.56. The first-order valence-electron chi connectivity index (χ1n) is 5.61. The Morgan fingerprint density at radius 1 is 1.33 bits per heavy atom. The van der Waals surface area contributed by atoms with Crippen LogP contribution in [0.15, 0.2) is 30.5 Å². The Morgan fingerprint density at radius 3 is 2.61 bits per heavy atom. The van der Waals surface area contributed by atoms with Gasteiger partial charge in [0, 0.05) is 35.9 Å². The lowest BCUT2D eigenvalue weighted by molar-refractivity contribution is 0.0657. The quantitative estimate of drug-likeness (QED) is 0.747. The number of aromatic nitrogens is 3. The van der Waals surface area contributed by atoms with Crippen molar-refractivity contribution >= 4 is 30.3 Å². The van der Waals surface area contributed by atoms with E-state index in [1.165, 1.54) is 14.7 Å². The van der Waals surface area contributed by atoms with Gasteiger partial charge in [0.15, 0.2) is 0 Å². The highest BCUT2D eigenvalue weighted by Crippen LogP contribution is 2.20. The van der Waals surface area contributed by atoms with Crippen LogP contribution in [0.1, 0.15) is 19.4 Å². The molecule has 2 rings (SSSR count). The van der Waals surface area contributed by atoms with Gasteiger partial charge in [-0.1, -0.05) is 29.5 Å². The number of halogens is 1. The second kappa shape index (κ2) is 6.53. The highest BCUT2D eigenvalue weighted by Gasteiger charge is 2.04. The summed E-state index contributed by atoms with van der Waals surface area (Å²) in [4.78, 5) is 0. The van der Waals surface area contributed by atoms with Gasteiger partial charge in [-0.3, -0.25) is 0 Å². The molecule has 0 fully saturated rings. The summed E-state index contributed by atoms with van der Waals surface area (Å²) in [6.45, 7) is 4.72. The fourth-order valence-corrected chi connectivity index (χ4v) is 2.23. The second-order valence-electron chi connectivity index (χ2n) is 4.13. The van der Waals surface area contributed by atoms with E-state index in [0.29, 0.717) is 6.61 Å². The summed E-state index contributed by atoms with van der Waals surface area (Å²) in [6, 6.07) is 8.22. The van der Waals surface area contributed by atoms with E-state index >= 15 is 0 Å². The lowest BCUT2D eigenvalue weighted by Gasteiger charge is -2.07. The first-order chi connectivity index (χ1) is 8.69. The Hall–Kier alpha value is -0.600. The Kier molecular flexibility index (Phi) is 5.02. The Labute approximate surface area is 123 Å². The third kappa shape index (κ3) is 3.69. The van der Waals surface area contributed by atoms with E-state index in [-0.39, 0.29) is 6.10 Å². The Balaban J connectivity index is 2.07. The molecule has 0 atom stereocenters. The van der Waals surface area contributed by atoms with Gasteiger partial charge in [0.05, 0.1) is 18.9 Å². The largest absolute Gasteiger partial charge is 0.374 e. The molecule has 0 aliphatic carbocycles. The van der Waals surface area contributed by atoms with E-state index in [9.17, 15) is 0 Å². The van der Waals surface area contributed by atoms with Crippen LogP contribution in [0.2, 0.25) is 0 Å². The third-order valence-electron chi connectivity index (χ3n) is 2.38. The summed E-state index contributed by atoms with van der Waals surface area (Å²) >= 11 is 2.17. The SMILES string of the molecule is CC(C)OCc1ccc(-c2cn(SI)nn2)cc1. The first-order valence-corrected chi connectivity index (χ1v) is 8.93. The van der Waals surface area contributed by atoms with Crippen molar-refractivity contribution in [2.75, 3.05) is 0 Å². The van der Waals surface area contributed by atoms with E-state index in [4.69, 9.17) is 4.74 Å². The third-order valence-corrected chi connectivity index (χ3v) is 3.91. The van der Waals surface area contributed by atoms with Gasteiger partial charge < -0.3 is 4.74 Å². The molecule has 1 aromatic carbocycles. The highest BCUT2D eigenvalue weighted by molar-refractivity contribution is 14.2. The average Bonchev–Trinajstić information content (AvgIpc) is 2.85. The minimum absolute atomic E-state index is 0.255. The molecule has 0 bridgehead atoms. The summed E-state index contributed by atoms with van der Waals surface area (Å²) in [7, 11) is 1.49. The van der Waals surface area contributed by atoms with Gasteiger partial charge in [-0.2, -0.15) is 4.09 Å². The molecule has 0 N–H and O–H groups in total. The van der Waals surface area contributed by atoms with Crippen LogP contribution in [0.4, 0.5) is 0 Å². The predicted octanol–water partition coefficient (Wildman–Crippen LogP) is 3.72. The van der Waals surface area contributed by atoms with Gasteiger partial charge in [0.25, 0.3) is 0 Å². The number of hydrogen-bond acceptors (Lipinski definition) is 4. The van der Waals surface area contributed by atoms with Gasteiger partial charge >= 0.3 is 0 Å². The van der Waals surface area contributed by atoms with E-state index in [1.807, 2.05) is 32.2 Å². The molecule has 0 aliphatic rings. The van der Waals surface area contributed by atoms with Crippen LogP contribution in [0.25, 0.3) is 11.3 Å². The summed E-state index contributed by atoms with van der Waals surface area (Å²) in [5, 5.41) is 8.11. The molecule has 18 heavy (non-hydrogen) atoms. The molecule has 0 aliphatic heterocycles. The highest BCUT2D eigenvalue weighted by atomic mass is 127. The first kappa shape index (κ1) is 13.8. The number of hydrogen-bond donors (Lipinski definition) is 0. The molecule has 1 heterocycles. The van der Waals surface area contributed by atoms with Crippen molar-refractivity contribution in [2.45, 2.75) is 26.6 Å². The molecule has 0 radical (unpaired) electrons. The van der Waals surface area contributed by atoms with Crippen molar-refractivity contribution in [2.24, 2.45) is 0 Å². The molecular weight excluding hydrogens is 361 g/mol. The zero-order valence-electron chi connectivity index (χ0n) is 10.2. The fourth-order valence-electron chi connectivity index (χ4n) is 1.45. The minimum Gasteiger partial charge on any atom is -0.374 e. The van der Waals surface area contributed by atoms with Crippen LogP contribution in [0.3, 0.4) is 0 Å². The number of benzene rings is 1. The number of nitrogens with zero attached hydrogens (tertiary/aromatic N) is 3. The molecule has 0 amide bonds. The van der Waals surface area contributed by atoms with Crippen molar-refractivity contribution in [3.05, 3.63) is 36.0 Å². The van der Waals surface area contributed by atoms with Crippen LogP contribution in [-0.2, 0) is 11.3 Å². The fraction of sp³-hybridized carbons (Fsp3) is 0.333. The summed E-state index contributed by atoms with van der Waals surface area (Å²) in [6.07, 6.45) is 2.17. The van der Waals surface area contributed by atoms with Crippen LogP contribution in [0.5, 0.6) is 0 Å². The smallest absolute Gasteiger partial charge is 0.114 e. The number of rotatable bonds is 5. The maximum atomic E-state index is 5.56. The van der Waals surface area contributed by atoms with E-state index in [2.05, 4.69) is 43.7 Å². The lowest BCUT2D eigenvalue weighted by Crippen LogP contribution is -2.01. The van der Waals surface area contributed by atoms with E-state index in [0.717, 1.165) is 11.3 Å². The standard InChI is InChI=1S/C12H14IN3OS/c1-9(2)17-8-10-3-5-11(6-4-10)12-7-16(18-13)15-14-12/h3-7,9H,8H2,1-2H3. The van der Waals surface area contributed by atoms with Crippen molar-refractivity contribution in [3.63, 3.8) is 0 Å². The van der Waals surface area contributed by atoms with Gasteiger partial charge in [-0.15, -0.1) is 5.10 Å². The molecule has 6 heteroatoms. The topological polar surface area (TPSA) is 39.9 Å². The zero-order valence-corrected chi connectivity index (χ0v) is 13.2. The molecule has 2 aromatic rings. The van der Waals surface area contributed by atoms with Crippen LogP contribution >= 0.6 is 30.3 Å². The molecular formula is C12H14IN3OS. The Bertz CT molecular complexity index is 498. The lowest BCUT2D eigenvalue weighted by atomic mass is 10.1. The molecule has 0 saturated carbocycles. The normalized spacial score (nSPS) is 11.1. The van der Waals surface area contributed by atoms with E-state index < -0.39 is 0 Å². The predicted molar refractivity (Wildman–Crippen MR) is 82.4 cm³/mol. The number of ether oxygens (including phenoxy) is 1. The summed E-state index contributed by atoms with van der Waals surface area (Å²) in [5.74, 6) is 0. The molecule has 4 nitrogen and oxygen atoms in total. The summed E-state index contributed by atoms with van der Waals surface area (Å²) < 4.78 is 7.29. The maximum Gasteiger partial charge on any atom is 0.114 e. The molecule has 96 valence electrons. The van der Waals surface area contributed by atoms with Crippen molar-refractivity contribution in [1.82, 2.24) is 14.4 Å². The minimum atomic E-state index is 0.255. The Morgan fingerprint density at radius 2 is 2.06 bits per heavy atom. The van der Waals surface area contributed by atoms with Crippen molar-refractivity contribution < 1.29 is 4.74 Å². The van der Waals surface area contributed by atoms with Crippen LogP contribution in [0, 0.1) is 0 Å². The molecule has 0 unspecified atom stereocenters. The van der Waals surface area contributed by atoms with Gasteiger partial charge in [-0.25, -0.2) is 0 Å². The summed E-state index contributed by atoms with van der Waals surface area (Å²) in [5.41, 5.74) is 3.12. The second-order valence-corrected chi connectivity index (χ2v) is 5.83.